The van der Waals surface area contributed by atoms with Crippen LogP contribution in [0, 0.1) is 6.92 Å². The summed E-state index contributed by atoms with van der Waals surface area (Å²) in [4.78, 5) is 2.63. The van der Waals surface area contributed by atoms with E-state index in [4.69, 9.17) is 0 Å². The highest BCUT2D eigenvalue weighted by Crippen LogP contribution is 2.12. The summed E-state index contributed by atoms with van der Waals surface area (Å²) in [5.74, 6) is 0. The molecule has 1 aromatic carbocycles. The number of hydrogen-bond donors (Lipinski definition) is 0. The molecule has 0 bridgehead atoms. The molecular weight excluding hydrogens is 194 g/mol. The summed E-state index contributed by atoms with van der Waals surface area (Å²) in [5.41, 5.74) is 2.97. The highest BCUT2D eigenvalue weighted by molar-refractivity contribution is 5.25. The van der Waals surface area contributed by atoms with E-state index in [2.05, 4.69) is 36.1 Å². The largest absolute Gasteiger partial charge is 0.303 e. The molecule has 1 heterocycles. The van der Waals surface area contributed by atoms with Gasteiger partial charge in [-0.3, -0.25) is 0 Å². The van der Waals surface area contributed by atoms with Crippen molar-refractivity contribution in [2.24, 2.45) is 0 Å². The molecule has 1 aromatic rings. The van der Waals surface area contributed by atoms with Crippen LogP contribution in [-0.4, -0.2) is 24.5 Å². The fraction of sp³-hybridized carbons (Fsp3) is 0.600. The van der Waals surface area contributed by atoms with Crippen LogP contribution in [0.2, 0.25) is 0 Å². The van der Waals surface area contributed by atoms with Gasteiger partial charge in [0, 0.05) is 0 Å². The summed E-state index contributed by atoms with van der Waals surface area (Å²) in [7, 11) is 0. The Morgan fingerprint density at radius 3 is 2.56 bits per heavy atom. The predicted molar refractivity (Wildman–Crippen MR) is 69.8 cm³/mol. The summed E-state index contributed by atoms with van der Waals surface area (Å²) < 4.78 is 0. The van der Waals surface area contributed by atoms with Gasteiger partial charge in [0.25, 0.3) is 0 Å². The van der Waals surface area contributed by atoms with Gasteiger partial charge in [0.1, 0.15) is 0 Å². The van der Waals surface area contributed by atoms with Crippen LogP contribution in [0.25, 0.3) is 0 Å². The standard InChI is InChI=1S/C15H23N/c1-14-8-3-4-9-15(14)10-7-13-16-11-5-2-6-12-16/h3-4,8-9H,2,5-7,10-13H2,1H3. The van der Waals surface area contributed by atoms with Gasteiger partial charge in [0.15, 0.2) is 0 Å². The third-order valence-corrected chi connectivity index (χ3v) is 3.63. The Morgan fingerprint density at radius 2 is 1.81 bits per heavy atom. The van der Waals surface area contributed by atoms with Gasteiger partial charge in [0.05, 0.1) is 0 Å². The van der Waals surface area contributed by atoms with Gasteiger partial charge >= 0.3 is 0 Å². The third kappa shape index (κ3) is 3.34. The van der Waals surface area contributed by atoms with E-state index in [0.29, 0.717) is 0 Å². The molecule has 0 aliphatic carbocycles. The van der Waals surface area contributed by atoms with Gasteiger partial charge in [-0.1, -0.05) is 30.7 Å². The van der Waals surface area contributed by atoms with Crippen LogP contribution < -0.4 is 0 Å². The number of rotatable bonds is 4. The van der Waals surface area contributed by atoms with Gasteiger partial charge in [-0.2, -0.15) is 0 Å². The molecule has 2 rings (SSSR count). The molecule has 0 spiro atoms. The van der Waals surface area contributed by atoms with Crippen molar-refractivity contribution in [2.45, 2.75) is 39.0 Å². The monoisotopic (exact) mass is 217 g/mol. The average Bonchev–Trinajstić information content (AvgIpc) is 2.33. The number of piperidine rings is 1. The minimum absolute atomic E-state index is 1.24. The molecule has 0 amide bonds. The van der Waals surface area contributed by atoms with Gasteiger partial charge in [-0.25, -0.2) is 0 Å². The second-order valence-corrected chi connectivity index (χ2v) is 4.93. The Hall–Kier alpha value is -0.820. The van der Waals surface area contributed by atoms with Crippen molar-refractivity contribution in [1.29, 1.82) is 0 Å². The van der Waals surface area contributed by atoms with Crippen LogP contribution in [0.4, 0.5) is 0 Å². The number of hydrogen-bond acceptors (Lipinski definition) is 1. The van der Waals surface area contributed by atoms with E-state index in [1.807, 2.05) is 0 Å². The Kier molecular flexibility index (Phi) is 4.41. The first-order valence-electron chi connectivity index (χ1n) is 6.63. The van der Waals surface area contributed by atoms with E-state index >= 15 is 0 Å². The molecule has 0 aromatic heterocycles. The van der Waals surface area contributed by atoms with Crippen LogP contribution in [0.5, 0.6) is 0 Å². The Bertz CT molecular complexity index is 313. The zero-order valence-corrected chi connectivity index (χ0v) is 10.4. The van der Waals surface area contributed by atoms with Crippen molar-refractivity contribution in [2.75, 3.05) is 19.6 Å². The molecule has 16 heavy (non-hydrogen) atoms. The smallest absolute Gasteiger partial charge is 0.00156 e. The van der Waals surface area contributed by atoms with Crippen molar-refractivity contribution in [3.63, 3.8) is 0 Å². The number of benzene rings is 1. The minimum Gasteiger partial charge on any atom is -0.303 e. The Morgan fingerprint density at radius 1 is 1.06 bits per heavy atom. The maximum Gasteiger partial charge on any atom is -0.00156 e. The molecule has 1 heteroatoms. The minimum atomic E-state index is 1.24. The molecular formula is C15H23N. The number of likely N-dealkylation sites (tertiary alicyclic amines) is 1. The van der Waals surface area contributed by atoms with Crippen molar-refractivity contribution in [3.05, 3.63) is 35.4 Å². The SMILES string of the molecule is Cc1ccccc1CCCN1CCCCC1. The van der Waals surface area contributed by atoms with E-state index in [-0.39, 0.29) is 0 Å². The molecule has 1 aliphatic heterocycles. The topological polar surface area (TPSA) is 3.24 Å². The summed E-state index contributed by atoms with van der Waals surface area (Å²) >= 11 is 0. The number of aryl methyl sites for hydroxylation is 2. The zero-order valence-electron chi connectivity index (χ0n) is 10.4. The van der Waals surface area contributed by atoms with Crippen molar-refractivity contribution in [3.8, 4) is 0 Å². The second-order valence-electron chi connectivity index (χ2n) is 4.93. The Balaban J connectivity index is 1.73. The van der Waals surface area contributed by atoms with Crippen LogP contribution in [-0.2, 0) is 6.42 Å². The lowest BCUT2D eigenvalue weighted by molar-refractivity contribution is 0.226. The van der Waals surface area contributed by atoms with E-state index < -0.39 is 0 Å². The molecule has 0 saturated carbocycles. The molecule has 88 valence electrons. The van der Waals surface area contributed by atoms with E-state index in [1.54, 1.807) is 0 Å². The second kappa shape index (κ2) is 6.05. The molecule has 1 fully saturated rings. The lowest BCUT2D eigenvalue weighted by atomic mass is 10.0. The lowest BCUT2D eigenvalue weighted by Gasteiger charge is -2.26. The Labute approximate surface area is 99.5 Å². The quantitative estimate of drug-likeness (QED) is 0.747. The summed E-state index contributed by atoms with van der Waals surface area (Å²) in [6.45, 7) is 6.16. The van der Waals surface area contributed by atoms with Gasteiger partial charge < -0.3 is 4.90 Å². The van der Waals surface area contributed by atoms with Crippen LogP contribution >= 0.6 is 0 Å². The highest BCUT2D eigenvalue weighted by Gasteiger charge is 2.09. The van der Waals surface area contributed by atoms with Gasteiger partial charge in [-0.05, 0) is 63.4 Å². The summed E-state index contributed by atoms with van der Waals surface area (Å²) in [6.07, 6.45) is 6.80. The van der Waals surface area contributed by atoms with E-state index in [0.717, 1.165) is 0 Å². The van der Waals surface area contributed by atoms with Crippen molar-refractivity contribution >= 4 is 0 Å². The van der Waals surface area contributed by atoms with Gasteiger partial charge in [-0.15, -0.1) is 0 Å². The van der Waals surface area contributed by atoms with Crippen LogP contribution in [0.15, 0.2) is 24.3 Å². The van der Waals surface area contributed by atoms with E-state index in [1.165, 1.54) is 62.9 Å². The summed E-state index contributed by atoms with van der Waals surface area (Å²) in [6, 6.07) is 8.77. The normalized spacial score (nSPS) is 17.6. The first kappa shape index (κ1) is 11.7. The number of nitrogens with zero attached hydrogens (tertiary/aromatic N) is 1. The third-order valence-electron chi connectivity index (χ3n) is 3.63. The fourth-order valence-electron chi connectivity index (χ4n) is 2.57. The van der Waals surface area contributed by atoms with E-state index in [9.17, 15) is 0 Å². The molecule has 1 aliphatic rings. The maximum absolute atomic E-state index is 2.63. The molecule has 1 saturated heterocycles. The average molecular weight is 217 g/mol. The molecule has 0 radical (unpaired) electrons. The van der Waals surface area contributed by atoms with Crippen molar-refractivity contribution < 1.29 is 0 Å². The molecule has 0 unspecified atom stereocenters. The predicted octanol–water partition coefficient (Wildman–Crippen LogP) is 3.41. The maximum atomic E-state index is 2.63. The first-order chi connectivity index (χ1) is 7.86. The zero-order chi connectivity index (χ0) is 11.2. The summed E-state index contributed by atoms with van der Waals surface area (Å²) in [5, 5.41) is 0. The van der Waals surface area contributed by atoms with Gasteiger partial charge in [0.2, 0.25) is 0 Å². The highest BCUT2D eigenvalue weighted by atomic mass is 15.1. The fourth-order valence-corrected chi connectivity index (χ4v) is 2.57. The van der Waals surface area contributed by atoms with Crippen molar-refractivity contribution in [1.82, 2.24) is 4.90 Å². The lowest BCUT2D eigenvalue weighted by Crippen LogP contribution is -2.30. The molecule has 0 N–H and O–H groups in total. The first-order valence-corrected chi connectivity index (χ1v) is 6.63. The van der Waals surface area contributed by atoms with Crippen LogP contribution in [0.1, 0.15) is 36.8 Å². The molecule has 1 nitrogen and oxygen atoms in total. The molecule has 0 atom stereocenters. The van der Waals surface area contributed by atoms with Crippen LogP contribution in [0.3, 0.4) is 0 Å².